The summed E-state index contributed by atoms with van der Waals surface area (Å²) in [6, 6.07) is 17.1. The fraction of sp³-hybridized carbons (Fsp3) is 0.0952. The number of hydrogen-bond acceptors (Lipinski definition) is 3. The van der Waals surface area contributed by atoms with Crippen molar-refractivity contribution >= 4 is 22.6 Å². The van der Waals surface area contributed by atoms with Crippen LogP contribution in [0.1, 0.15) is 5.56 Å². The van der Waals surface area contributed by atoms with Gasteiger partial charge >= 0.3 is 6.03 Å². The molecule has 3 heterocycles. The van der Waals surface area contributed by atoms with Gasteiger partial charge < -0.3 is 10.3 Å². The molecule has 4 aromatic rings. The van der Waals surface area contributed by atoms with Crippen LogP contribution in [0.25, 0.3) is 22.3 Å². The second-order valence-corrected chi connectivity index (χ2v) is 6.33. The number of rotatable bonds is 4. The van der Waals surface area contributed by atoms with Gasteiger partial charge in [-0.1, -0.05) is 6.07 Å². The molecule has 6 heteroatoms. The van der Waals surface area contributed by atoms with E-state index in [0.717, 1.165) is 33.5 Å². The third-order valence-electron chi connectivity index (χ3n) is 4.62. The number of anilines is 1. The average Bonchev–Trinajstić information content (AvgIpc) is 3.03. The first-order valence-corrected chi connectivity index (χ1v) is 8.60. The number of pyridine rings is 2. The predicted octanol–water partition coefficient (Wildman–Crippen LogP) is 3.72. The van der Waals surface area contributed by atoms with Crippen molar-refractivity contribution in [1.82, 2.24) is 14.5 Å². The van der Waals surface area contributed by atoms with Crippen LogP contribution in [-0.2, 0) is 13.6 Å². The summed E-state index contributed by atoms with van der Waals surface area (Å²) in [4.78, 5) is 22.1. The van der Waals surface area contributed by atoms with Gasteiger partial charge in [-0.15, -0.1) is 0 Å². The lowest BCUT2D eigenvalue weighted by Gasteiger charge is -2.20. The molecule has 0 atom stereocenters. The van der Waals surface area contributed by atoms with Gasteiger partial charge in [-0.25, -0.2) is 4.79 Å². The maximum Gasteiger partial charge on any atom is 0.319 e. The van der Waals surface area contributed by atoms with Crippen molar-refractivity contribution in [1.29, 1.82) is 0 Å². The van der Waals surface area contributed by atoms with E-state index >= 15 is 0 Å². The Kier molecular flexibility index (Phi) is 4.30. The van der Waals surface area contributed by atoms with E-state index in [-0.39, 0.29) is 0 Å². The van der Waals surface area contributed by atoms with Gasteiger partial charge in [-0.3, -0.25) is 14.9 Å². The quantitative estimate of drug-likeness (QED) is 0.605. The molecule has 0 saturated heterocycles. The number of primary amides is 1. The minimum Gasteiger partial charge on any atom is -0.351 e. The number of fused-ring (bicyclic) bond motifs is 1. The van der Waals surface area contributed by atoms with Crippen LogP contribution in [0.3, 0.4) is 0 Å². The van der Waals surface area contributed by atoms with Gasteiger partial charge in [0, 0.05) is 42.2 Å². The molecular weight excluding hydrogens is 338 g/mol. The van der Waals surface area contributed by atoms with Crippen LogP contribution >= 0.6 is 0 Å². The van der Waals surface area contributed by atoms with Crippen LogP contribution in [-0.4, -0.2) is 20.6 Å². The highest BCUT2D eigenvalue weighted by atomic mass is 16.2. The molecule has 134 valence electrons. The number of nitrogens with zero attached hydrogens (tertiary/aromatic N) is 4. The third kappa shape index (κ3) is 3.25. The van der Waals surface area contributed by atoms with E-state index in [1.165, 1.54) is 0 Å². The Hall–Kier alpha value is -3.67. The van der Waals surface area contributed by atoms with Gasteiger partial charge in [-0.2, -0.15) is 0 Å². The normalized spacial score (nSPS) is 10.9. The van der Waals surface area contributed by atoms with E-state index in [2.05, 4.69) is 20.6 Å². The zero-order chi connectivity index (χ0) is 18.8. The van der Waals surface area contributed by atoms with E-state index in [0.29, 0.717) is 6.54 Å². The van der Waals surface area contributed by atoms with Gasteiger partial charge in [0.25, 0.3) is 0 Å². The molecule has 0 saturated carbocycles. The van der Waals surface area contributed by atoms with Crippen molar-refractivity contribution in [3.8, 4) is 11.4 Å². The summed E-state index contributed by atoms with van der Waals surface area (Å²) in [6.07, 6.45) is 5.18. The highest BCUT2D eigenvalue weighted by molar-refractivity contribution is 5.95. The number of carbonyl (C=O) groups is 1. The monoisotopic (exact) mass is 357 g/mol. The van der Waals surface area contributed by atoms with Crippen molar-refractivity contribution in [3.63, 3.8) is 0 Å². The molecule has 6 nitrogen and oxygen atoms in total. The largest absolute Gasteiger partial charge is 0.351 e. The summed E-state index contributed by atoms with van der Waals surface area (Å²) in [7, 11) is 2.01. The first-order chi connectivity index (χ1) is 13.1. The average molecular weight is 357 g/mol. The highest BCUT2D eigenvalue weighted by Crippen LogP contribution is 2.29. The molecule has 3 aromatic heterocycles. The summed E-state index contributed by atoms with van der Waals surface area (Å²) in [5.74, 6) is 0. The summed E-state index contributed by atoms with van der Waals surface area (Å²) in [5.41, 5.74) is 10.3. The number of hydrogen-bond donors (Lipinski definition) is 1. The number of aromatic nitrogens is 3. The lowest BCUT2D eigenvalue weighted by molar-refractivity contribution is 0.253. The number of carbonyl (C=O) groups excluding carboxylic acids is 1. The molecule has 0 fully saturated rings. The van der Waals surface area contributed by atoms with Crippen molar-refractivity contribution in [2.45, 2.75) is 6.54 Å². The van der Waals surface area contributed by atoms with Crippen molar-refractivity contribution in [3.05, 3.63) is 78.8 Å². The number of nitrogens with two attached hydrogens (primary N) is 1. The molecule has 0 bridgehead atoms. The van der Waals surface area contributed by atoms with Crippen molar-refractivity contribution < 1.29 is 4.79 Å². The Bertz CT molecular complexity index is 1090. The second kappa shape index (κ2) is 6.92. The van der Waals surface area contributed by atoms with E-state index in [1.54, 1.807) is 23.5 Å². The fourth-order valence-corrected chi connectivity index (χ4v) is 3.23. The lowest BCUT2D eigenvalue weighted by Crippen LogP contribution is -2.35. The van der Waals surface area contributed by atoms with Gasteiger partial charge in [0.05, 0.1) is 17.9 Å². The Morgan fingerprint density at radius 3 is 2.59 bits per heavy atom. The summed E-state index contributed by atoms with van der Waals surface area (Å²) in [5, 5.41) is 1.02. The van der Waals surface area contributed by atoms with Gasteiger partial charge in [0.15, 0.2) is 0 Å². The third-order valence-corrected chi connectivity index (χ3v) is 4.62. The predicted molar refractivity (Wildman–Crippen MR) is 106 cm³/mol. The van der Waals surface area contributed by atoms with E-state index in [4.69, 9.17) is 5.73 Å². The molecule has 1 aromatic carbocycles. The van der Waals surface area contributed by atoms with Gasteiger partial charge in [0.1, 0.15) is 0 Å². The molecule has 0 radical (unpaired) electrons. The molecule has 0 unspecified atom stereocenters. The van der Waals surface area contributed by atoms with E-state index in [1.807, 2.05) is 55.6 Å². The molecule has 0 spiro atoms. The Balaban J connectivity index is 1.75. The minimum absolute atomic E-state index is 0.392. The number of benzene rings is 1. The van der Waals surface area contributed by atoms with Crippen LogP contribution in [0.5, 0.6) is 0 Å². The Morgan fingerprint density at radius 2 is 1.89 bits per heavy atom. The molecule has 27 heavy (non-hydrogen) atoms. The highest BCUT2D eigenvalue weighted by Gasteiger charge is 2.15. The molecule has 4 rings (SSSR count). The molecule has 0 aliphatic heterocycles. The molecule has 0 aliphatic carbocycles. The second-order valence-electron chi connectivity index (χ2n) is 6.33. The maximum atomic E-state index is 12.1. The SMILES string of the molecule is Cn1c(-c2ccccn2)cc2cc(N(Cc3ccncc3)C(N)=O)ccc21. The molecular formula is C21H19N5O. The van der Waals surface area contributed by atoms with Crippen LogP contribution in [0.4, 0.5) is 10.5 Å². The minimum atomic E-state index is -0.493. The summed E-state index contributed by atoms with van der Waals surface area (Å²) < 4.78 is 2.10. The topological polar surface area (TPSA) is 77.0 Å². The van der Waals surface area contributed by atoms with Crippen molar-refractivity contribution in [2.75, 3.05) is 4.90 Å². The first-order valence-electron chi connectivity index (χ1n) is 8.60. The maximum absolute atomic E-state index is 12.1. The van der Waals surface area contributed by atoms with Gasteiger partial charge in [-0.05, 0) is 54.1 Å². The molecule has 2 amide bonds. The Morgan fingerprint density at radius 1 is 1.07 bits per heavy atom. The number of urea groups is 1. The van der Waals surface area contributed by atoms with Gasteiger partial charge in [0.2, 0.25) is 0 Å². The van der Waals surface area contributed by atoms with E-state index in [9.17, 15) is 4.79 Å². The first kappa shape index (κ1) is 16.8. The molecule has 0 aliphatic rings. The fourth-order valence-electron chi connectivity index (χ4n) is 3.23. The van der Waals surface area contributed by atoms with Crippen LogP contribution in [0, 0.1) is 0 Å². The van der Waals surface area contributed by atoms with Crippen LogP contribution < -0.4 is 10.6 Å². The summed E-state index contributed by atoms with van der Waals surface area (Å²) in [6.45, 7) is 0.392. The van der Waals surface area contributed by atoms with E-state index < -0.39 is 6.03 Å². The zero-order valence-electron chi connectivity index (χ0n) is 14.9. The standard InChI is InChI=1S/C21H19N5O/c1-25-19-6-5-17(26(21(22)27)14-15-7-10-23-11-8-15)12-16(19)13-20(25)18-4-2-3-9-24-18/h2-13H,14H2,1H3,(H2,22,27). The number of aryl methyl sites for hydroxylation is 1. The zero-order valence-corrected chi connectivity index (χ0v) is 14.9. The molecule has 2 N–H and O–H groups in total. The van der Waals surface area contributed by atoms with Crippen LogP contribution in [0.2, 0.25) is 0 Å². The lowest BCUT2D eigenvalue weighted by atomic mass is 10.2. The Labute approximate surface area is 156 Å². The van der Waals surface area contributed by atoms with Crippen molar-refractivity contribution in [2.24, 2.45) is 12.8 Å². The van der Waals surface area contributed by atoms with Crippen LogP contribution in [0.15, 0.2) is 73.2 Å². The smallest absolute Gasteiger partial charge is 0.319 e. The number of amides is 2. The summed E-state index contributed by atoms with van der Waals surface area (Å²) >= 11 is 0.